The summed E-state index contributed by atoms with van der Waals surface area (Å²) in [6.07, 6.45) is 0. The predicted octanol–water partition coefficient (Wildman–Crippen LogP) is 8.12. The van der Waals surface area contributed by atoms with E-state index in [9.17, 15) is 0 Å². The van der Waals surface area contributed by atoms with Crippen molar-refractivity contribution >= 4 is 59.3 Å². The zero-order chi connectivity index (χ0) is 19.4. The minimum atomic E-state index is 1.01. The van der Waals surface area contributed by atoms with Gasteiger partial charge in [0, 0.05) is 20.8 Å². The van der Waals surface area contributed by atoms with Crippen molar-refractivity contribution in [2.75, 3.05) is 0 Å². The Labute approximate surface area is 176 Å². The van der Waals surface area contributed by atoms with E-state index >= 15 is 0 Å². The van der Waals surface area contributed by atoms with Gasteiger partial charge in [0.15, 0.2) is 0 Å². The molecule has 1 heterocycles. The lowest BCUT2D eigenvalue weighted by Gasteiger charge is -2.14. The van der Waals surface area contributed by atoms with Gasteiger partial charge in [-0.3, -0.25) is 0 Å². The molecular formula is C27H16BrN. The minimum Gasteiger partial charge on any atom is -0.248 e. The smallest absolute Gasteiger partial charge is 0.0722 e. The highest BCUT2D eigenvalue weighted by atomic mass is 79.9. The molecule has 0 aliphatic rings. The van der Waals surface area contributed by atoms with Crippen molar-refractivity contribution in [3.63, 3.8) is 0 Å². The highest BCUT2D eigenvalue weighted by molar-refractivity contribution is 9.10. The first-order valence-corrected chi connectivity index (χ1v) is 10.5. The zero-order valence-electron chi connectivity index (χ0n) is 15.6. The van der Waals surface area contributed by atoms with E-state index in [4.69, 9.17) is 4.98 Å². The highest BCUT2D eigenvalue weighted by Crippen LogP contribution is 2.40. The monoisotopic (exact) mass is 433 g/mol. The Kier molecular flexibility index (Phi) is 3.68. The molecule has 0 amide bonds. The predicted molar refractivity (Wildman–Crippen MR) is 127 cm³/mol. The second-order valence-electron chi connectivity index (χ2n) is 7.39. The molecule has 0 N–H and O–H groups in total. The van der Waals surface area contributed by atoms with Gasteiger partial charge in [0.25, 0.3) is 0 Å². The van der Waals surface area contributed by atoms with Gasteiger partial charge in [-0.25, -0.2) is 4.98 Å². The summed E-state index contributed by atoms with van der Waals surface area (Å²) in [7, 11) is 0. The summed E-state index contributed by atoms with van der Waals surface area (Å²) in [6.45, 7) is 0. The summed E-state index contributed by atoms with van der Waals surface area (Å²) < 4.78 is 1.06. The van der Waals surface area contributed by atoms with E-state index in [-0.39, 0.29) is 0 Å². The SMILES string of the molecule is Brc1ccc2nc3ccc4ccccc4c3c(-c3ccc4ccccc4c3)c2c1. The number of halogens is 1. The number of benzene rings is 5. The Morgan fingerprint density at radius 1 is 0.552 bits per heavy atom. The minimum absolute atomic E-state index is 1.01. The average Bonchev–Trinajstić information content (AvgIpc) is 2.77. The lowest BCUT2D eigenvalue weighted by molar-refractivity contribution is 1.50. The Morgan fingerprint density at radius 2 is 1.28 bits per heavy atom. The van der Waals surface area contributed by atoms with E-state index in [2.05, 4.69) is 113 Å². The molecule has 0 saturated carbocycles. The molecule has 1 nitrogen and oxygen atoms in total. The molecule has 5 aromatic carbocycles. The van der Waals surface area contributed by atoms with Crippen LogP contribution in [-0.4, -0.2) is 4.98 Å². The van der Waals surface area contributed by atoms with Crippen molar-refractivity contribution in [3.8, 4) is 11.1 Å². The maximum Gasteiger partial charge on any atom is 0.0722 e. The van der Waals surface area contributed by atoms with Crippen molar-refractivity contribution in [1.82, 2.24) is 4.98 Å². The van der Waals surface area contributed by atoms with Crippen LogP contribution in [0.15, 0.2) is 102 Å². The quantitative estimate of drug-likeness (QED) is 0.188. The first kappa shape index (κ1) is 16.7. The van der Waals surface area contributed by atoms with Crippen LogP contribution < -0.4 is 0 Å². The molecule has 0 atom stereocenters. The summed E-state index contributed by atoms with van der Waals surface area (Å²) in [5.41, 5.74) is 4.50. The number of aromatic nitrogens is 1. The van der Waals surface area contributed by atoms with E-state index in [1.165, 1.54) is 43.4 Å². The summed E-state index contributed by atoms with van der Waals surface area (Å²) in [5.74, 6) is 0. The Morgan fingerprint density at radius 3 is 2.17 bits per heavy atom. The van der Waals surface area contributed by atoms with Crippen LogP contribution in [0.1, 0.15) is 0 Å². The molecule has 0 unspecified atom stereocenters. The lowest BCUT2D eigenvalue weighted by Crippen LogP contribution is -1.91. The van der Waals surface area contributed by atoms with E-state index in [0.717, 1.165) is 15.5 Å². The molecule has 0 aliphatic carbocycles. The fourth-order valence-corrected chi connectivity index (χ4v) is 4.69. The van der Waals surface area contributed by atoms with Gasteiger partial charge in [-0.2, -0.15) is 0 Å². The van der Waals surface area contributed by atoms with Crippen LogP contribution in [0.2, 0.25) is 0 Å². The van der Waals surface area contributed by atoms with Gasteiger partial charge < -0.3 is 0 Å². The fraction of sp³-hybridized carbons (Fsp3) is 0. The van der Waals surface area contributed by atoms with E-state index in [0.29, 0.717) is 0 Å². The normalized spacial score (nSPS) is 11.6. The first-order chi connectivity index (χ1) is 14.3. The van der Waals surface area contributed by atoms with Crippen molar-refractivity contribution in [1.29, 1.82) is 0 Å². The molecule has 0 bridgehead atoms. The molecule has 136 valence electrons. The van der Waals surface area contributed by atoms with Gasteiger partial charge in [0.1, 0.15) is 0 Å². The largest absolute Gasteiger partial charge is 0.248 e. The standard InChI is InChI=1S/C27H16BrN/c28-21-12-14-24-23(16-21)26(20-10-9-17-5-1-2-7-19(17)15-20)27-22-8-4-3-6-18(22)11-13-25(27)29-24/h1-16H. The van der Waals surface area contributed by atoms with Crippen LogP contribution in [-0.2, 0) is 0 Å². The number of fused-ring (bicyclic) bond motifs is 5. The van der Waals surface area contributed by atoms with Crippen molar-refractivity contribution in [2.45, 2.75) is 0 Å². The molecule has 6 aromatic rings. The molecule has 0 spiro atoms. The van der Waals surface area contributed by atoms with Crippen LogP contribution in [0, 0.1) is 0 Å². The Hall–Kier alpha value is -3.23. The van der Waals surface area contributed by atoms with E-state index < -0.39 is 0 Å². The van der Waals surface area contributed by atoms with Crippen molar-refractivity contribution in [2.24, 2.45) is 0 Å². The van der Waals surface area contributed by atoms with Crippen LogP contribution >= 0.6 is 15.9 Å². The summed E-state index contributed by atoms with van der Waals surface area (Å²) in [6, 6.07) is 34.5. The van der Waals surface area contributed by atoms with Crippen LogP contribution in [0.3, 0.4) is 0 Å². The number of rotatable bonds is 1. The third kappa shape index (κ3) is 2.64. The number of hydrogen-bond acceptors (Lipinski definition) is 1. The van der Waals surface area contributed by atoms with Gasteiger partial charge in [0.2, 0.25) is 0 Å². The van der Waals surface area contributed by atoms with Gasteiger partial charge in [0.05, 0.1) is 11.0 Å². The molecular weight excluding hydrogens is 418 g/mol. The summed E-state index contributed by atoms with van der Waals surface area (Å²) in [5, 5.41) is 7.35. The fourth-order valence-electron chi connectivity index (χ4n) is 4.33. The third-order valence-electron chi connectivity index (χ3n) is 5.66. The zero-order valence-corrected chi connectivity index (χ0v) is 17.1. The molecule has 0 fully saturated rings. The van der Waals surface area contributed by atoms with Crippen molar-refractivity contribution < 1.29 is 0 Å². The third-order valence-corrected chi connectivity index (χ3v) is 6.16. The molecule has 0 aliphatic heterocycles. The average molecular weight is 434 g/mol. The summed E-state index contributed by atoms with van der Waals surface area (Å²) in [4.78, 5) is 5.00. The van der Waals surface area contributed by atoms with Gasteiger partial charge in [-0.15, -0.1) is 0 Å². The topological polar surface area (TPSA) is 12.9 Å². The Bertz CT molecular complexity index is 1570. The number of pyridine rings is 1. The van der Waals surface area contributed by atoms with Crippen LogP contribution in [0.4, 0.5) is 0 Å². The molecule has 6 rings (SSSR count). The molecule has 2 heteroatoms. The second-order valence-corrected chi connectivity index (χ2v) is 8.31. The van der Waals surface area contributed by atoms with Crippen LogP contribution in [0.5, 0.6) is 0 Å². The number of nitrogens with zero attached hydrogens (tertiary/aromatic N) is 1. The van der Waals surface area contributed by atoms with Crippen molar-refractivity contribution in [3.05, 3.63) is 102 Å². The van der Waals surface area contributed by atoms with E-state index in [1.807, 2.05) is 0 Å². The van der Waals surface area contributed by atoms with Gasteiger partial charge >= 0.3 is 0 Å². The second kappa shape index (κ2) is 6.40. The maximum absolute atomic E-state index is 5.00. The molecule has 1 aromatic heterocycles. The first-order valence-electron chi connectivity index (χ1n) is 9.68. The Balaban J connectivity index is 1.86. The maximum atomic E-state index is 5.00. The lowest BCUT2D eigenvalue weighted by atomic mass is 9.92. The van der Waals surface area contributed by atoms with Gasteiger partial charge in [-0.1, -0.05) is 82.7 Å². The molecule has 0 radical (unpaired) electrons. The summed E-state index contributed by atoms with van der Waals surface area (Å²) >= 11 is 3.66. The highest BCUT2D eigenvalue weighted by Gasteiger charge is 2.14. The number of hydrogen-bond donors (Lipinski definition) is 0. The molecule has 0 saturated heterocycles. The molecule has 29 heavy (non-hydrogen) atoms. The van der Waals surface area contributed by atoms with Crippen LogP contribution in [0.25, 0.3) is 54.5 Å². The van der Waals surface area contributed by atoms with E-state index in [1.54, 1.807) is 0 Å². The van der Waals surface area contributed by atoms with Gasteiger partial charge in [-0.05, 0) is 57.4 Å².